The average molecular weight is 472 g/mol. The maximum atomic E-state index is 13.9. The van der Waals surface area contributed by atoms with Gasteiger partial charge in [-0.2, -0.15) is 0 Å². The standard InChI is InChI=1S/C25H26F2N2O5/c1-3-24(2,22(32)29-14-25(26,27)12-20(29)21(30)31)28-23(33)34-13-19-17-10-6-4-8-15(17)16-9-5-7-11-18(16)19/h4-11,19-20H,3,12-14H2,1-2H3,(H,28,33)(H,30,31)/t20-,24?/m0/s1. The van der Waals surface area contributed by atoms with Gasteiger partial charge in [0.1, 0.15) is 18.2 Å². The number of alkyl carbamates (subject to hydrolysis) is 1. The lowest BCUT2D eigenvalue weighted by molar-refractivity contribution is -0.150. The maximum absolute atomic E-state index is 13.9. The van der Waals surface area contributed by atoms with E-state index in [-0.39, 0.29) is 18.9 Å². The monoisotopic (exact) mass is 472 g/mol. The van der Waals surface area contributed by atoms with Gasteiger partial charge in [-0.3, -0.25) is 4.79 Å². The number of aliphatic carboxylic acids is 1. The minimum atomic E-state index is -3.31. The molecule has 2 N–H and O–H groups in total. The van der Waals surface area contributed by atoms with E-state index in [9.17, 15) is 28.3 Å². The first-order valence-electron chi connectivity index (χ1n) is 11.1. The van der Waals surface area contributed by atoms with Gasteiger partial charge < -0.3 is 20.1 Å². The number of carbonyl (C=O) groups excluding carboxylic acids is 2. The summed E-state index contributed by atoms with van der Waals surface area (Å²) in [5, 5.41) is 11.8. The van der Waals surface area contributed by atoms with E-state index in [0.717, 1.165) is 22.3 Å². The fraction of sp³-hybridized carbons (Fsp3) is 0.400. The Morgan fingerprint density at radius 1 is 1.12 bits per heavy atom. The highest BCUT2D eigenvalue weighted by Crippen LogP contribution is 2.44. The molecular formula is C25H26F2N2O5. The number of carbonyl (C=O) groups is 3. The third kappa shape index (κ3) is 4.22. The van der Waals surface area contributed by atoms with Gasteiger partial charge >= 0.3 is 12.1 Å². The van der Waals surface area contributed by atoms with Gasteiger partial charge in [0.25, 0.3) is 5.92 Å². The predicted molar refractivity (Wildman–Crippen MR) is 120 cm³/mol. The van der Waals surface area contributed by atoms with Crippen molar-refractivity contribution < 1.29 is 33.0 Å². The minimum Gasteiger partial charge on any atom is -0.480 e. The van der Waals surface area contributed by atoms with Gasteiger partial charge in [0.2, 0.25) is 5.91 Å². The van der Waals surface area contributed by atoms with Crippen molar-refractivity contribution in [2.45, 2.75) is 50.1 Å². The number of halogens is 2. The second-order valence-corrected chi connectivity index (χ2v) is 8.98. The van der Waals surface area contributed by atoms with Crippen molar-refractivity contribution in [3.63, 3.8) is 0 Å². The van der Waals surface area contributed by atoms with E-state index in [0.29, 0.717) is 4.90 Å². The van der Waals surface area contributed by atoms with Crippen molar-refractivity contribution in [3.05, 3.63) is 59.7 Å². The lowest BCUT2D eigenvalue weighted by Crippen LogP contribution is -2.59. The van der Waals surface area contributed by atoms with Crippen LogP contribution in [0.1, 0.15) is 43.7 Å². The van der Waals surface area contributed by atoms with E-state index >= 15 is 0 Å². The number of fused-ring (bicyclic) bond motifs is 3. The van der Waals surface area contributed by atoms with Gasteiger partial charge in [0.15, 0.2) is 0 Å². The Bertz CT molecular complexity index is 1090. The molecule has 34 heavy (non-hydrogen) atoms. The smallest absolute Gasteiger partial charge is 0.408 e. The van der Waals surface area contributed by atoms with E-state index in [2.05, 4.69) is 5.32 Å². The molecule has 1 aliphatic carbocycles. The molecule has 2 aliphatic rings. The molecule has 1 aliphatic heterocycles. The second-order valence-electron chi connectivity index (χ2n) is 8.98. The van der Waals surface area contributed by atoms with Crippen LogP contribution < -0.4 is 5.32 Å². The lowest BCUT2D eigenvalue weighted by atomic mass is 9.96. The first-order valence-corrected chi connectivity index (χ1v) is 11.1. The van der Waals surface area contributed by atoms with Crippen LogP contribution in [0.25, 0.3) is 11.1 Å². The Morgan fingerprint density at radius 2 is 1.68 bits per heavy atom. The van der Waals surface area contributed by atoms with Crippen LogP contribution in [0, 0.1) is 0 Å². The van der Waals surface area contributed by atoms with Crippen molar-refractivity contribution in [3.8, 4) is 11.1 Å². The van der Waals surface area contributed by atoms with Gasteiger partial charge in [-0.25, -0.2) is 18.4 Å². The zero-order valence-corrected chi connectivity index (χ0v) is 18.9. The number of carboxylic acid groups (broad SMARTS) is 1. The number of hydrogen-bond donors (Lipinski definition) is 2. The summed E-state index contributed by atoms with van der Waals surface area (Å²) in [6.45, 7) is 2.00. The summed E-state index contributed by atoms with van der Waals surface area (Å²) in [4.78, 5) is 37.9. The summed E-state index contributed by atoms with van der Waals surface area (Å²) in [5.41, 5.74) is 2.58. The van der Waals surface area contributed by atoms with E-state index in [1.165, 1.54) is 6.92 Å². The van der Waals surface area contributed by atoms with E-state index < -0.39 is 48.4 Å². The van der Waals surface area contributed by atoms with Crippen LogP contribution in [0.2, 0.25) is 0 Å². The number of rotatable bonds is 6. The van der Waals surface area contributed by atoms with E-state index in [4.69, 9.17) is 4.74 Å². The molecule has 1 fully saturated rings. The first kappa shape index (κ1) is 23.7. The first-order chi connectivity index (χ1) is 16.1. The molecule has 4 rings (SSSR count). The molecule has 2 aromatic rings. The highest BCUT2D eigenvalue weighted by Gasteiger charge is 2.53. The SMILES string of the molecule is CCC(C)(NC(=O)OCC1c2ccccc2-c2ccccc21)C(=O)N1CC(F)(F)C[C@H]1C(=O)O. The molecular weight excluding hydrogens is 446 g/mol. The van der Waals surface area contributed by atoms with Crippen molar-refractivity contribution in [1.29, 1.82) is 0 Å². The molecule has 180 valence electrons. The molecule has 0 aromatic heterocycles. The van der Waals surface area contributed by atoms with Gasteiger partial charge in [0, 0.05) is 12.3 Å². The van der Waals surface area contributed by atoms with Crippen LogP contribution >= 0.6 is 0 Å². The summed E-state index contributed by atoms with van der Waals surface area (Å²) in [5.74, 6) is -5.88. The average Bonchev–Trinajstić information content (AvgIpc) is 3.31. The lowest BCUT2D eigenvalue weighted by Gasteiger charge is -2.33. The van der Waals surface area contributed by atoms with E-state index in [1.54, 1.807) is 6.92 Å². The molecule has 1 unspecified atom stereocenters. The number of ether oxygens (including phenoxy) is 1. The van der Waals surface area contributed by atoms with Crippen LogP contribution in [-0.4, -0.2) is 58.6 Å². The molecule has 0 bridgehead atoms. The quantitative estimate of drug-likeness (QED) is 0.662. The van der Waals surface area contributed by atoms with Crippen molar-refractivity contribution >= 4 is 18.0 Å². The fourth-order valence-corrected chi connectivity index (χ4v) is 4.72. The minimum absolute atomic E-state index is 0.0212. The number of hydrogen-bond acceptors (Lipinski definition) is 4. The number of nitrogens with zero attached hydrogens (tertiary/aromatic N) is 1. The number of amides is 2. The third-order valence-corrected chi connectivity index (χ3v) is 6.72. The van der Waals surface area contributed by atoms with Crippen molar-refractivity contribution in [1.82, 2.24) is 10.2 Å². The summed E-state index contributed by atoms with van der Waals surface area (Å²) in [6.07, 6.45) is -1.78. The van der Waals surface area contributed by atoms with Gasteiger partial charge in [-0.05, 0) is 35.6 Å². The van der Waals surface area contributed by atoms with Crippen LogP contribution in [-0.2, 0) is 14.3 Å². The topological polar surface area (TPSA) is 95.9 Å². The Balaban J connectivity index is 1.47. The molecule has 1 saturated heterocycles. The van der Waals surface area contributed by atoms with Gasteiger partial charge in [-0.1, -0.05) is 55.5 Å². The van der Waals surface area contributed by atoms with Crippen LogP contribution in [0.3, 0.4) is 0 Å². The Hall–Kier alpha value is -3.49. The molecule has 1 heterocycles. The highest BCUT2D eigenvalue weighted by atomic mass is 19.3. The molecule has 2 amide bonds. The normalized spacial score (nSPS) is 20.2. The van der Waals surface area contributed by atoms with Crippen molar-refractivity contribution in [2.75, 3.05) is 13.2 Å². The van der Waals surface area contributed by atoms with Crippen LogP contribution in [0.15, 0.2) is 48.5 Å². The van der Waals surface area contributed by atoms with Crippen LogP contribution in [0.5, 0.6) is 0 Å². The zero-order chi connectivity index (χ0) is 24.7. The van der Waals surface area contributed by atoms with Gasteiger partial charge in [-0.15, -0.1) is 0 Å². The number of nitrogens with one attached hydrogen (secondary N) is 1. The van der Waals surface area contributed by atoms with Crippen LogP contribution in [0.4, 0.5) is 13.6 Å². The largest absolute Gasteiger partial charge is 0.480 e. The number of alkyl halides is 2. The number of benzene rings is 2. The number of carboxylic acids is 1. The molecule has 7 nitrogen and oxygen atoms in total. The number of likely N-dealkylation sites (tertiary alicyclic amines) is 1. The van der Waals surface area contributed by atoms with Gasteiger partial charge in [0.05, 0.1) is 6.54 Å². The second kappa shape index (κ2) is 8.70. The molecule has 0 radical (unpaired) electrons. The Labute approximate surface area is 195 Å². The van der Waals surface area contributed by atoms with E-state index in [1.807, 2.05) is 48.5 Å². The Morgan fingerprint density at radius 3 is 2.21 bits per heavy atom. The summed E-state index contributed by atoms with van der Waals surface area (Å²) in [6, 6.07) is 14.0. The zero-order valence-electron chi connectivity index (χ0n) is 18.9. The van der Waals surface area contributed by atoms with Crippen molar-refractivity contribution in [2.24, 2.45) is 0 Å². The molecule has 0 saturated carbocycles. The molecule has 2 aromatic carbocycles. The predicted octanol–water partition coefficient (Wildman–Crippen LogP) is 4.01. The maximum Gasteiger partial charge on any atom is 0.408 e. The summed E-state index contributed by atoms with van der Waals surface area (Å²) >= 11 is 0. The molecule has 9 heteroatoms. The summed E-state index contributed by atoms with van der Waals surface area (Å²) < 4.78 is 33.3. The highest BCUT2D eigenvalue weighted by molar-refractivity contribution is 5.93. The molecule has 0 spiro atoms. The third-order valence-electron chi connectivity index (χ3n) is 6.72. The Kier molecular flexibility index (Phi) is 6.05. The molecule has 2 atom stereocenters. The summed E-state index contributed by atoms with van der Waals surface area (Å²) in [7, 11) is 0. The fourth-order valence-electron chi connectivity index (χ4n) is 4.72.